The molecule has 0 saturated carbocycles. The molecule has 0 spiro atoms. The number of pyridine rings is 2. The molecule has 4 aromatic rings. The van der Waals surface area contributed by atoms with E-state index < -0.39 is 0 Å². The zero-order valence-electron chi connectivity index (χ0n) is 17.6. The monoisotopic (exact) mass is 374 g/mol. The SMILES string of the molecule is CC(C)(C)Cc1cn2ccc(CC(C)(C)Cc3cn4ccccc4n3)cc2n1. The van der Waals surface area contributed by atoms with Gasteiger partial charge in [-0.2, -0.15) is 0 Å². The van der Waals surface area contributed by atoms with Crippen molar-refractivity contribution in [2.75, 3.05) is 0 Å². The van der Waals surface area contributed by atoms with Gasteiger partial charge >= 0.3 is 0 Å². The number of rotatable bonds is 5. The minimum absolute atomic E-state index is 0.122. The molecule has 0 amide bonds. The van der Waals surface area contributed by atoms with Gasteiger partial charge in [0.15, 0.2) is 0 Å². The van der Waals surface area contributed by atoms with E-state index in [-0.39, 0.29) is 10.8 Å². The molecule has 146 valence electrons. The molecule has 0 aliphatic carbocycles. The average molecular weight is 375 g/mol. The lowest BCUT2D eigenvalue weighted by atomic mass is 9.82. The second kappa shape index (κ2) is 6.77. The first kappa shape index (κ1) is 18.7. The first-order chi connectivity index (χ1) is 13.2. The molecule has 28 heavy (non-hydrogen) atoms. The van der Waals surface area contributed by atoms with Crippen LogP contribution in [0.15, 0.2) is 55.1 Å². The van der Waals surface area contributed by atoms with Crippen molar-refractivity contribution in [1.29, 1.82) is 0 Å². The molecule has 0 unspecified atom stereocenters. The van der Waals surface area contributed by atoms with Gasteiger partial charge in [0, 0.05) is 24.8 Å². The van der Waals surface area contributed by atoms with E-state index in [0.717, 1.165) is 41.9 Å². The third-order valence-electron chi connectivity index (χ3n) is 5.04. The predicted molar refractivity (Wildman–Crippen MR) is 115 cm³/mol. The Kier molecular flexibility index (Phi) is 4.53. The average Bonchev–Trinajstić information content (AvgIpc) is 3.13. The van der Waals surface area contributed by atoms with Gasteiger partial charge in [0.25, 0.3) is 0 Å². The van der Waals surface area contributed by atoms with Crippen molar-refractivity contribution in [3.05, 3.63) is 72.1 Å². The van der Waals surface area contributed by atoms with Crippen LogP contribution in [0.25, 0.3) is 11.3 Å². The molecule has 0 bridgehead atoms. The van der Waals surface area contributed by atoms with Crippen molar-refractivity contribution in [2.45, 2.75) is 53.9 Å². The Bertz CT molecular complexity index is 1080. The van der Waals surface area contributed by atoms with E-state index in [1.165, 1.54) is 5.56 Å². The highest BCUT2D eigenvalue weighted by Crippen LogP contribution is 2.27. The van der Waals surface area contributed by atoms with E-state index in [4.69, 9.17) is 9.97 Å². The van der Waals surface area contributed by atoms with Gasteiger partial charge < -0.3 is 8.80 Å². The number of aromatic nitrogens is 4. The molecule has 0 saturated heterocycles. The van der Waals surface area contributed by atoms with Crippen LogP contribution >= 0.6 is 0 Å². The summed E-state index contributed by atoms with van der Waals surface area (Å²) in [5.74, 6) is 0. The fourth-order valence-corrected chi connectivity index (χ4v) is 3.99. The second-order valence-corrected chi connectivity index (χ2v) is 9.99. The molecular weight excluding hydrogens is 344 g/mol. The van der Waals surface area contributed by atoms with Crippen LogP contribution in [0.1, 0.15) is 51.6 Å². The van der Waals surface area contributed by atoms with Gasteiger partial charge in [0.05, 0.1) is 11.4 Å². The Balaban J connectivity index is 1.52. The maximum Gasteiger partial charge on any atom is 0.137 e. The van der Waals surface area contributed by atoms with Gasteiger partial charge in [-0.15, -0.1) is 0 Å². The van der Waals surface area contributed by atoms with Gasteiger partial charge in [-0.3, -0.25) is 0 Å². The Labute approximate surface area is 167 Å². The molecule has 4 nitrogen and oxygen atoms in total. The lowest BCUT2D eigenvalue weighted by Crippen LogP contribution is -2.18. The fourth-order valence-electron chi connectivity index (χ4n) is 3.99. The zero-order chi connectivity index (χ0) is 19.9. The van der Waals surface area contributed by atoms with Crippen molar-refractivity contribution in [3.8, 4) is 0 Å². The maximum absolute atomic E-state index is 4.85. The topological polar surface area (TPSA) is 34.6 Å². The Morgan fingerprint density at radius 1 is 0.750 bits per heavy atom. The predicted octanol–water partition coefficient (Wildman–Crippen LogP) is 5.38. The van der Waals surface area contributed by atoms with Crippen molar-refractivity contribution in [1.82, 2.24) is 18.8 Å². The molecule has 4 heteroatoms. The number of nitrogens with zero attached hydrogens (tertiary/aromatic N) is 4. The highest BCUT2D eigenvalue weighted by atomic mass is 15.0. The van der Waals surface area contributed by atoms with E-state index in [0.29, 0.717) is 0 Å². The molecule has 0 fully saturated rings. The standard InChI is InChI=1S/C24H30N4/c1-23(2,3)14-19-16-28-11-9-18(12-22(28)26-19)13-24(4,5)15-20-17-27-10-7-6-8-21(27)25-20/h6-12,16-17H,13-15H2,1-5H3. The summed E-state index contributed by atoms with van der Waals surface area (Å²) >= 11 is 0. The third kappa shape index (κ3) is 4.27. The first-order valence-electron chi connectivity index (χ1n) is 10.1. The van der Waals surface area contributed by atoms with E-state index in [1.807, 2.05) is 12.1 Å². The van der Waals surface area contributed by atoms with Crippen LogP contribution in [-0.4, -0.2) is 18.8 Å². The highest BCUT2D eigenvalue weighted by Gasteiger charge is 2.21. The molecule has 4 rings (SSSR count). The minimum atomic E-state index is 0.122. The maximum atomic E-state index is 4.85. The highest BCUT2D eigenvalue weighted by molar-refractivity contribution is 5.43. The fraction of sp³-hybridized carbons (Fsp3) is 0.417. The summed E-state index contributed by atoms with van der Waals surface area (Å²) in [6, 6.07) is 10.6. The summed E-state index contributed by atoms with van der Waals surface area (Å²) < 4.78 is 4.23. The molecule has 0 aliphatic heterocycles. The smallest absolute Gasteiger partial charge is 0.137 e. The first-order valence-corrected chi connectivity index (χ1v) is 10.1. The molecule has 4 aromatic heterocycles. The zero-order valence-corrected chi connectivity index (χ0v) is 17.6. The lowest BCUT2D eigenvalue weighted by Gasteiger charge is -2.23. The summed E-state index contributed by atoms with van der Waals surface area (Å²) in [7, 11) is 0. The summed E-state index contributed by atoms with van der Waals surface area (Å²) in [4.78, 5) is 9.62. The normalized spacial score (nSPS) is 12.9. The van der Waals surface area contributed by atoms with Crippen molar-refractivity contribution < 1.29 is 0 Å². The van der Waals surface area contributed by atoms with Crippen LogP contribution in [-0.2, 0) is 19.3 Å². The van der Waals surface area contributed by atoms with Gasteiger partial charge in [-0.05, 0) is 59.9 Å². The summed E-state index contributed by atoms with van der Waals surface area (Å²) in [6.45, 7) is 11.4. The number of hydrogen-bond acceptors (Lipinski definition) is 2. The van der Waals surface area contributed by atoms with Crippen LogP contribution in [0.3, 0.4) is 0 Å². The van der Waals surface area contributed by atoms with Crippen molar-refractivity contribution in [2.24, 2.45) is 10.8 Å². The number of fused-ring (bicyclic) bond motifs is 2. The molecule has 4 heterocycles. The lowest BCUT2D eigenvalue weighted by molar-refractivity contribution is 0.357. The summed E-state index contributed by atoms with van der Waals surface area (Å²) in [5.41, 5.74) is 6.06. The van der Waals surface area contributed by atoms with Gasteiger partial charge in [0.2, 0.25) is 0 Å². The molecule has 0 aromatic carbocycles. The molecule has 0 atom stereocenters. The van der Waals surface area contributed by atoms with Crippen LogP contribution in [0, 0.1) is 10.8 Å². The Morgan fingerprint density at radius 2 is 1.43 bits per heavy atom. The van der Waals surface area contributed by atoms with Crippen LogP contribution in [0.5, 0.6) is 0 Å². The van der Waals surface area contributed by atoms with Crippen molar-refractivity contribution >= 4 is 11.3 Å². The van der Waals surface area contributed by atoms with Crippen LogP contribution in [0.4, 0.5) is 0 Å². The van der Waals surface area contributed by atoms with Crippen LogP contribution < -0.4 is 0 Å². The second-order valence-electron chi connectivity index (χ2n) is 9.99. The molecule has 0 aliphatic rings. The van der Waals surface area contributed by atoms with E-state index >= 15 is 0 Å². The van der Waals surface area contributed by atoms with Gasteiger partial charge in [-0.1, -0.05) is 40.7 Å². The van der Waals surface area contributed by atoms with E-state index in [9.17, 15) is 0 Å². The minimum Gasteiger partial charge on any atom is -0.307 e. The van der Waals surface area contributed by atoms with Crippen molar-refractivity contribution in [3.63, 3.8) is 0 Å². The molecular formula is C24H30N4. The van der Waals surface area contributed by atoms with E-state index in [2.05, 4.69) is 86.4 Å². The largest absolute Gasteiger partial charge is 0.307 e. The number of hydrogen-bond donors (Lipinski definition) is 0. The Hall–Kier alpha value is -2.62. The molecule has 0 N–H and O–H groups in total. The quantitative estimate of drug-likeness (QED) is 0.470. The summed E-state index contributed by atoms with van der Waals surface area (Å²) in [6.07, 6.45) is 11.4. The molecule has 0 radical (unpaired) electrons. The Morgan fingerprint density at radius 3 is 2.14 bits per heavy atom. The number of imidazole rings is 2. The van der Waals surface area contributed by atoms with Gasteiger partial charge in [-0.25, -0.2) is 9.97 Å². The van der Waals surface area contributed by atoms with Gasteiger partial charge in [0.1, 0.15) is 11.3 Å². The summed E-state index contributed by atoms with van der Waals surface area (Å²) in [5, 5.41) is 0. The van der Waals surface area contributed by atoms with Crippen LogP contribution in [0.2, 0.25) is 0 Å². The van der Waals surface area contributed by atoms with E-state index in [1.54, 1.807) is 0 Å². The third-order valence-corrected chi connectivity index (χ3v) is 5.04.